The summed E-state index contributed by atoms with van der Waals surface area (Å²) in [6.07, 6.45) is 6.23. The summed E-state index contributed by atoms with van der Waals surface area (Å²) in [6, 6.07) is 7.79. The van der Waals surface area contributed by atoms with Gasteiger partial charge in [0.2, 0.25) is 11.8 Å². The second-order valence-electron chi connectivity index (χ2n) is 6.24. The third-order valence-electron chi connectivity index (χ3n) is 4.41. The Morgan fingerprint density at radius 2 is 2.12 bits per heavy atom. The molecule has 2 amide bonds. The van der Waals surface area contributed by atoms with Crippen molar-refractivity contribution in [2.24, 2.45) is 5.92 Å². The molecule has 1 fully saturated rings. The molecule has 1 aliphatic carbocycles. The number of thiophene rings is 1. The molecule has 0 bridgehead atoms. The van der Waals surface area contributed by atoms with Crippen LogP contribution in [0.2, 0.25) is 0 Å². The first-order valence-electron chi connectivity index (χ1n) is 8.16. The van der Waals surface area contributed by atoms with Crippen molar-refractivity contribution in [1.29, 1.82) is 0 Å². The molecule has 1 N–H and O–H groups in total. The lowest BCUT2D eigenvalue weighted by Crippen LogP contribution is -2.30. The molecule has 1 aromatic heterocycles. The molecule has 5 heteroatoms. The van der Waals surface area contributed by atoms with E-state index in [1.807, 2.05) is 39.9 Å². The molecule has 4 nitrogen and oxygen atoms in total. The van der Waals surface area contributed by atoms with Gasteiger partial charge < -0.3 is 10.2 Å². The van der Waals surface area contributed by atoms with Crippen LogP contribution in [-0.2, 0) is 16.0 Å². The summed E-state index contributed by atoms with van der Waals surface area (Å²) in [7, 11) is 0. The number of nitrogens with zero attached hydrogens (tertiary/aromatic N) is 1. The Labute approximate surface area is 144 Å². The fourth-order valence-electron chi connectivity index (χ4n) is 2.96. The molecule has 0 unspecified atom stereocenters. The third kappa shape index (κ3) is 3.12. The maximum atomic E-state index is 12.4. The zero-order chi connectivity index (χ0) is 16.5. The zero-order valence-corrected chi connectivity index (χ0v) is 14.0. The van der Waals surface area contributed by atoms with Gasteiger partial charge in [0, 0.05) is 29.9 Å². The van der Waals surface area contributed by atoms with Gasteiger partial charge in [-0.3, -0.25) is 9.59 Å². The predicted molar refractivity (Wildman–Crippen MR) is 97.2 cm³/mol. The van der Waals surface area contributed by atoms with Crippen molar-refractivity contribution in [3.63, 3.8) is 0 Å². The Morgan fingerprint density at radius 1 is 1.25 bits per heavy atom. The third-order valence-corrected chi connectivity index (χ3v) is 5.11. The summed E-state index contributed by atoms with van der Waals surface area (Å²) in [5.41, 5.74) is 3.87. The topological polar surface area (TPSA) is 49.4 Å². The van der Waals surface area contributed by atoms with E-state index in [0.717, 1.165) is 42.7 Å². The van der Waals surface area contributed by atoms with Gasteiger partial charge >= 0.3 is 0 Å². The second kappa shape index (κ2) is 6.24. The van der Waals surface area contributed by atoms with Gasteiger partial charge in [-0.15, -0.1) is 0 Å². The van der Waals surface area contributed by atoms with Crippen LogP contribution >= 0.6 is 11.3 Å². The fourth-order valence-corrected chi connectivity index (χ4v) is 3.59. The Kier molecular flexibility index (Phi) is 3.94. The molecule has 0 atom stereocenters. The summed E-state index contributed by atoms with van der Waals surface area (Å²) in [6.45, 7) is 0.750. The van der Waals surface area contributed by atoms with Crippen molar-refractivity contribution in [3.8, 4) is 0 Å². The van der Waals surface area contributed by atoms with E-state index in [-0.39, 0.29) is 17.7 Å². The molecule has 1 aromatic carbocycles. The number of hydrogen-bond acceptors (Lipinski definition) is 3. The minimum absolute atomic E-state index is 0.167. The van der Waals surface area contributed by atoms with Crippen LogP contribution in [-0.4, -0.2) is 18.4 Å². The van der Waals surface area contributed by atoms with E-state index in [2.05, 4.69) is 5.32 Å². The summed E-state index contributed by atoms with van der Waals surface area (Å²) < 4.78 is 0. The number of carbonyl (C=O) groups is 2. The van der Waals surface area contributed by atoms with E-state index in [9.17, 15) is 9.59 Å². The van der Waals surface area contributed by atoms with E-state index in [0.29, 0.717) is 0 Å². The zero-order valence-electron chi connectivity index (χ0n) is 13.2. The van der Waals surface area contributed by atoms with Crippen molar-refractivity contribution in [2.75, 3.05) is 16.8 Å². The first kappa shape index (κ1) is 15.1. The van der Waals surface area contributed by atoms with E-state index < -0.39 is 0 Å². The molecule has 2 heterocycles. The highest BCUT2D eigenvalue weighted by atomic mass is 32.1. The van der Waals surface area contributed by atoms with Gasteiger partial charge in [-0.2, -0.15) is 11.3 Å². The summed E-state index contributed by atoms with van der Waals surface area (Å²) in [5.74, 6) is 0.275. The minimum Gasteiger partial charge on any atom is -0.322 e. The molecule has 1 aliphatic heterocycles. The summed E-state index contributed by atoms with van der Waals surface area (Å²) in [4.78, 5) is 26.3. The molecule has 2 aromatic rings. The number of amides is 2. The Morgan fingerprint density at radius 3 is 2.88 bits per heavy atom. The molecule has 24 heavy (non-hydrogen) atoms. The number of anilines is 2. The van der Waals surface area contributed by atoms with Crippen LogP contribution in [0.4, 0.5) is 11.4 Å². The standard InChI is InChI=1S/C19H18N2O2S/c22-18(6-1-13-8-10-24-12-13)20-16-5-4-14-7-9-21(17(14)11-16)19(23)15-2-3-15/h1,4-6,8,10-12,15H,2-3,7,9H2,(H,20,22)/b6-1+. The maximum Gasteiger partial charge on any atom is 0.248 e. The number of hydrogen-bond donors (Lipinski definition) is 1. The van der Waals surface area contributed by atoms with Gasteiger partial charge in [-0.05, 0) is 65.4 Å². The molecule has 0 saturated heterocycles. The lowest BCUT2D eigenvalue weighted by Gasteiger charge is -2.17. The lowest BCUT2D eigenvalue weighted by molar-refractivity contribution is -0.119. The number of fused-ring (bicyclic) bond motifs is 1. The smallest absolute Gasteiger partial charge is 0.248 e. The SMILES string of the molecule is O=C(/C=C/c1ccsc1)Nc1ccc2c(c1)N(C(=O)C1CC1)CC2. The first-order chi connectivity index (χ1) is 11.7. The highest BCUT2D eigenvalue weighted by Crippen LogP contribution is 2.37. The van der Waals surface area contributed by atoms with Gasteiger partial charge in [0.05, 0.1) is 0 Å². The van der Waals surface area contributed by atoms with Gasteiger partial charge in [-0.25, -0.2) is 0 Å². The molecule has 0 radical (unpaired) electrons. The normalized spacial score (nSPS) is 16.4. The van der Waals surface area contributed by atoms with Crippen molar-refractivity contribution >= 4 is 40.6 Å². The van der Waals surface area contributed by atoms with E-state index >= 15 is 0 Å². The highest BCUT2D eigenvalue weighted by Gasteiger charge is 2.36. The Bertz CT molecular complexity index is 807. The quantitative estimate of drug-likeness (QED) is 0.864. The molecule has 0 spiro atoms. The average Bonchev–Trinajstić information content (AvgIpc) is 3.14. The number of benzene rings is 1. The highest BCUT2D eigenvalue weighted by molar-refractivity contribution is 7.08. The molecule has 4 rings (SSSR count). The molecule has 122 valence electrons. The first-order valence-corrected chi connectivity index (χ1v) is 9.10. The Balaban J connectivity index is 1.47. The van der Waals surface area contributed by atoms with Crippen LogP contribution in [0.15, 0.2) is 41.1 Å². The van der Waals surface area contributed by atoms with Crippen molar-refractivity contribution in [1.82, 2.24) is 0 Å². The van der Waals surface area contributed by atoms with Gasteiger partial charge in [0.1, 0.15) is 0 Å². The van der Waals surface area contributed by atoms with Crippen molar-refractivity contribution < 1.29 is 9.59 Å². The van der Waals surface area contributed by atoms with Crippen LogP contribution < -0.4 is 10.2 Å². The summed E-state index contributed by atoms with van der Waals surface area (Å²) in [5, 5.41) is 6.84. The fraction of sp³-hybridized carbons (Fsp3) is 0.263. The molecular formula is C19H18N2O2S. The Hall–Kier alpha value is -2.40. The van der Waals surface area contributed by atoms with Gasteiger partial charge in [-0.1, -0.05) is 6.07 Å². The van der Waals surface area contributed by atoms with Crippen LogP contribution in [0.3, 0.4) is 0 Å². The molecule has 1 saturated carbocycles. The predicted octanol–water partition coefficient (Wildman–Crippen LogP) is 3.70. The largest absolute Gasteiger partial charge is 0.322 e. The van der Waals surface area contributed by atoms with E-state index in [4.69, 9.17) is 0 Å². The van der Waals surface area contributed by atoms with Gasteiger partial charge in [0.25, 0.3) is 0 Å². The summed E-state index contributed by atoms with van der Waals surface area (Å²) >= 11 is 1.60. The van der Waals surface area contributed by atoms with E-state index in [1.54, 1.807) is 17.4 Å². The number of rotatable bonds is 4. The van der Waals surface area contributed by atoms with Gasteiger partial charge in [0.15, 0.2) is 0 Å². The average molecular weight is 338 g/mol. The van der Waals surface area contributed by atoms with E-state index in [1.165, 1.54) is 11.6 Å². The second-order valence-corrected chi connectivity index (χ2v) is 7.02. The number of carbonyl (C=O) groups excluding carboxylic acids is 2. The molecular weight excluding hydrogens is 320 g/mol. The van der Waals surface area contributed by atoms with Crippen LogP contribution in [0.25, 0.3) is 6.08 Å². The molecule has 2 aliphatic rings. The number of nitrogens with one attached hydrogen (secondary N) is 1. The monoisotopic (exact) mass is 338 g/mol. The van der Waals surface area contributed by atoms with Crippen molar-refractivity contribution in [2.45, 2.75) is 19.3 Å². The van der Waals surface area contributed by atoms with Crippen molar-refractivity contribution in [3.05, 3.63) is 52.2 Å². The lowest BCUT2D eigenvalue weighted by atomic mass is 10.1. The van der Waals surface area contributed by atoms with Crippen LogP contribution in [0.5, 0.6) is 0 Å². The minimum atomic E-state index is -0.167. The van der Waals surface area contributed by atoms with Crippen LogP contribution in [0, 0.1) is 5.92 Å². The van der Waals surface area contributed by atoms with Crippen LogP contribution in [0.1, 0.15) is 24.0 Å². The maximum absolute atomic E-state index is 12.4.